The van der Waals surface area contributed by atoms with Gasteiger partial charge in [-0.3, -0.25) is 9.67 Å². The molecule has 5 rings (SSSR count). The highest BCUT2D eigenvalue weighted by Gasteiger charge is 2.19. The molecule has 1 fully saturated rings. The Morgan fingerprint density at radius 2 is 2.00 bits per heavy atom. The first-order valence-corrected chi connectivity index (χ1v) is 10.6. The van der Waals surface area contributed by atoms with Crippen LogP contribution in [0.2, 0.25) is 0 Å². The van der Waals surface area contributed by atoms with Crippen LogP contribution in [-0.4, -0.2) is 55.2 Å². The number of hydrogen-bond donors (Lipinski definition) is 1. The van der Waals surface area contributed by atoms with E-state index in [1.165, 1.54) is 0 Å². The largest absolute Gasteiger partial charge is 0.354 e. The van der Waals surface area contributed by atoms with Crippen LogP contribution in [-0.2, 0) is 6.54 Å². The van der Waals surface area contributed by atoms with Crippen molar-refractivity contribution >= 4 is 16.7 Å². The summed E-state index contributed by atoms with van der Waals surface area (Å²) < 4.78 is 3.80. The summed E-state index contributed by atoms with van der Waals surface area (Å²) in [6.45, 7) is 8.04. The topological polar surface area (TPSA) is 76.7 Å². The Hall–Kier alpha value is -3.26. The molecule has 0 aromatic carbocycles. The van der Waals surface area contributed by atoms with Gasteiger partial charge in [0.1, 0.15) is 5.82 Å². The van der Waals surface area contributed by atoms with Gasteiger partial charge in [0.2, 0.25) is 0 Å². The van der Waals surface area contributed by atoms with Gasteiger partial charge in [-0.25, -0.2) is 9.67 Å². The van der Waals surface area contributed by atoms with Crippen molar-refractivity contribution in [2.45, 2.75) is 32.9 Å². The number of nitrogens with zero attached hydrogens (tertiary/aromatic N) is 7. The maximum atomic E-state index is 4.94. The Morgan fingerprint density at radius 3 is 2.83 bits per heavy atom. The van der Waals surface area contributed by atoms with E-state index in [0.29, 0.717) is 6.04 Å². The Kier molecular flexibility index (Phi) is 4.92. The van der Waals surface area contributed by atoms with E-state index in [1.54, 1.807) is 0 Å². The summed E-state index contributed by atoms with van der Waals surface area (Å²) in [5.74, 6) is 1.81. The second kappa shape index (κ2) is 7.87. The number of rotatable bonds is 5. The molecule has 5 heterocycles. The van der Waals surface area contributed by atoms with E-state index in [1.807, 2.05) is 40.2 Å². The zero-order chi connectivity index (χ0) is 20.5. The Labute approximate surface area is 175 Å². The lowest BCUT2D eigenvalue weighted by molar-refractivity contribution is 0.445. The van der Waals surface area contributed by atoms with Gasteiger partial charge in [-0.1, -0.05) is 13.0 Å². The van der Waals surface area contributed by atoms with Crippen LogP contribution >= 0.6 is 0 Å². The van der Waals surface area contributed by atoms with E-state index in [-0.39, 0.29) is 0 Å². The quantitative estimate of drug-likeness (QED) is 0.553. The number of nitrogens with one attached hydrogen (secondary N) is 1. The van der Waals surface area contributed by atoms with E-state index in [4.69, 9.17) is 4.98 Å². The molecule has 1 aliphatic rings. The number of pyridine rings is 2. The number of piperazine rings is 1. The third-order valence-electron chi connectivity index (χ3n) is 5.71. The van der Waals surface area contributed by atoms with E-state index >= 15 is 0 Å². The lowest BCUT2D eigenvalue weighted by atomic mass is 10.1. The minimum Gasteiger partial charge on any atom is -0.354 e. The standard InChI is InChI=1S/C22H26N8/c1-3-18-15-28(9-8-23-18)21-6-5-7-22(27-21)30-20-10-19(24-11-16(20)12-26-30)17-13-25-29(4-2)14-17/h5-7,10-14,18,23H,3-4,8-9,15H2,1-2H3. The molecule has 1 N–H and O–H groups in total. The number of aryl methyl sites for hydroxylation is 1. The highest BCUT2D eigenvalue weighted by atomic mass is 15.3. The summed E-state index contributed by atoms with van der Waals surface area (Å²) in [5.41, 5.74) is 2.87. The first-order chi connectivity index (χ1) is 14.7. The Morgan fingerprint density at radius 1 is 1.10 bits per heavy atom. The third kappa shape index (κ3) is 3.43. The van der Waals surface area contributed by atoms with Crippen LogP contribution in [0.4, 0.5) is 5.82 Å². The Balaban J connectivity index is 1.51. The fourth-order valence-electron chi connectivity index (χ4n) is 3.94. The fourth-order valence-corrected chi connectivity index (χ4v) is 3.94. The van der Waals surface area contributed by atoms with Gasteiger partial charge >= 0.3 is 0 Å². The summed E-state index contributed by atoms with van der Waals surface area (Å²) in [6, 6.07) is 8.71. The highest BCUT2D eigenvalue weighted by Crippen LogP contribution is 2.24. The van der Waals surface area contributed by atoms with Gasteiger partial charge in [-0.2, -0.15) is 10.2 Å². The first-order valence-electron chi connectivity index (χ1n) is 10.6. The number of hydrogen-bond acceptors (Lipinski definition) is 6. The van der Waals surface area contributed by atoms with Crippen LogP contribution < -0.4 is 10.2 Å². The molecule has 0 saturated carbocycles. The van der Waals surface area contributed by atoms with Gasteiger partial charge in [0, 0.05) is 55.6 Å². The van der Waals surface area contributed by atoms with Crippen molar-refractivity contribution in [3.8, 4) is 17.1 Å². The summed E-state index contributed by atoms with van der Waals surface area (Å²) in [5, 5.41) is 13.5. The maximum Gasteiger partial charge on any atom is 0.156 e. The van der Waals surface area contributed by atoms with Crippen LogP contribution in [0.5, 0.6) is 0 Å². The van der Waals surface area contributed by atoms with E-state index < -0.39 is 0 Å². The van der Waals surface area contributed by atoms with Crippen molar-refractivity contribution in [1.29, 1.82) is 0 Å². The zero-order valence-electron chi connectivity index (χ0n) is 17.4. The number of aromatic nitrogens is 6. The average Bonchev–Trinajstić information content (AvgIpc) is 3.46. The normalized spacial score (nSPS) is 17.0. The monoisotopic (exact) mass is 402 g/mol. The van der Waals surface area contributed by atoms with E-state index in [0.717, 1.165) is 66.4 Å². The highest BCUT2D eigenvalue weighted by molar-refractivity contribution is 5.83. The fraction of sp³-hybridized carbons (Fsp3) is 0.364. The van der Waals surface area contributed by atoms with Crippen molar-refractivity contribution in [3.05, 3.63) is 49.1 Å². The van der Waals surface area contributed by atoms with Crippen LogP contribution in [0.3, 0.4) is 0 Å². The van der Waals surface area contributed by atoms with E-state index in [2.05, 4.69) is 57.4 Å². The van der Waals surface area contributed by atoms with Gasteiger partial charge in [0.05, 0.1) is 23.6 Å². The molecule has 30 heavy (non-hydrogen) atoms. The predicted molar refractivity (Wildman–Crippen MR) is 118 cm³/mol. The SMILES string of the molecule is CCC1CN(c2cccc(-n3ncc4cnc(-c5cnn(CC)c5)cc43)n2)CCN1. The van der Waals surface area contributed by atoms with Crippen molar-refractivity contribution in [3.63, 3.8) is 0 Å². The van der Waals surface area contributed by atoms with Crippen LogP contribution in [0.1, 0.15) is 20.3 Å². The molecule has 0 spiro atoms. The third-order valence-corrected chi connectivity index (χ3v) is 5.71. The minimum absolute atomic E-state index is 0.507. The van der Waals surface area contributed by atoms with Crippen molar-refractivity contribution in [2.24, 2.45) is 0 Å². The summed E-state index contributed by atoms with van der Waals surface area (Å²) in [7, 11) is 0. The summed E-state index contributed by atoms with van der Waals surface area (Å²) >= 11 is 0. The lowest BCUT2D eigenvalue weighted by Crippen LogP contribution is -2.50. The van der Waals surface area contributed by atoms with Crippen LogP contribution in [0.25, 0.3) is 28.0 Å². The minimum atomic E-state index is 0.507. The average molecular weight is 403 g/mol. The van der Waals surface area contributed by atoms with Gasteiger partial charge in [-0.15, -0.1) is 0 Å². The smallest absolute Gasteiger partial charge is 0.156 e. The molecule has 4 aromatic heterocycles. The molecule has 1 aliphatic heterocycles. The van der Waals surface area contributed by atoms with Crippen molar-refractivity contribution in [1.82, 2.24) is 34.8 Å². The molecule has 1 unspecified atom stereocenters. The van der Waals surface area contributed by atoms with Gasteiger partial charge < -0.3 is 10.2 Å². The summed E-state index contributed by atoms with van der Waals surface area (Å²) in [6.07, 6.45) is 8.69. The molecular formula is C22H26N8. The Bertz CT molecular complexity index is 1160. The molecule has 154 valence electrons. The molecule has 4 aromatic rings. The molecule has 1 atom stereocenters. The first kappa shape index (κ1) is 18.7. The molecule has 1 saturated heterocycles. The van der Waals surface area contributed by atoms with Gasteiger partial charge in [0.15, 0.2) is 5.82 Å². The second-order valence-corrected chi connectivity index (χ2v) is 7.63. The van der Waals surface area contributed by atoms with Gasteiger partial charge in [0.25, 0.3) is 0 Å². The molecule has 8 nitrogen and oxygen atoms in total. The molecule has 0 radical (unpaired) electrons. The predicted octanol–water partition coefficient (Wildman–Crippen LogP) is 2.89. The maximum absolute atomic E-state index is 4.94. The van der Waals surface area contributed by atoms with Crippen LogP contribution in [0, 0.1) is 0 Å². The molecule has 0 amide bonds. The van der Waals surface area contributed by atoms with Gasteiger partial charge in [-0.05, 0) is 31.5 Å². The van der Waals surface area contributed by atoms with Crippen molar-refractivity contribution in [2.75, 3.05) is 24.5 Å². The zero-order valence-corrected chi connectivity index (χ0v) is 17.4. The lowest BCUT2D eigenvalue weighted by Gasteiger charge is -2.34. The molecule has 0 aliphatic carbocycles. The number of fused-ring (bicyclic) bond motifs is 1. The number of anilines is 1. The summed E-state index contributed by atoms with van der Waals surface area (Å²) in [4.78, 5) is 11.9. The molecular weight excluding hydrogens is 376 g/mol. The molecule has 0 bridgehead atoms. The second-order valence-electron chi connectivity index (χ2n) is 7.63. The van der Waals surface area contributed by atoms with Crippen molar-refractivity contribution < 1.29 is 0 Å². The molecule has 8 heteroatoms. The van der Waals surface area contributed by atoms with Crippen LogP contribution in [0.15, 0.2) is 49.1 Å². The van der Waals surface area contributed by atoms with E-state index in [9.17, 15) is 0 Å².